The van der Waals surface area contributed by atoms with Crippen LogP contribution >= 0.6 is 0 Å². The second-order valence-electron chi connectivity index (χ2n) is 7.19. The van der Waals surface area contributed by atoms with E-state index >= 15 is 0 Å². The van der Waals surface area contributed by atoms with Gasteiger partial charge in [-0.15, -0.1) is 0 Å². The number of fused-ring (bicyclic) bond motifs is 3. The number of nitrogens with two attached hydrogens (primary N) is 1. The Morgan fingerprint density at radius 3 is 2.77 bits per heavy atom. The molecule has 0 aliphatic carbocycles. The fourth-order valence-electron chi connectivity index (χ4n) is 3.31. The summed E-state index contributed by atoms with van der Waals surface area (Å²) < 4.78 is 5.51. The molecule has 0 bridgehead atoms. The van der Waals surface area contributed by atoms with E-state index in [1.807, 2.05) is 31.7 Å². The minimum atomic E-state index is -0.451. The van der Waals surface area contributed by atoms with Crippen molar-refractivity contribution >= 4 is 11.8 Å². The van der Waals surface area contributed by atoms with Crippen LogP contribution in [0.25, 0.3) is 0 Å². The van der Waals surface area contributed by atoms with E-state index in [9.17, 15) is 4.79 Å². The van der Waals surface area contributed by atoms with Crippen molar-refractivity contribution in [1.29, 1.82) is 0 Å². The van der Waals surface area contributed by atoms with Gasteiger partial charge < -0.3 is 15.4 Å². The van der Waals surface area contributed by atoms with Gasteiger partial charge in [-0.2, -0.15) is 0 Å². The van der Waals surface area contributed by atoms with Crippen LogP contribution in [0.5, 0.6) is 0 Å². The first kappa shape index (κ1) is 15.2. The van der Waals surface area contributed by atoms with Crippen LogP contribution < -0.4 is 5.73 Å². The van der Waals surface area contributed by atoms with Crippen molar-refractivity contribution < 1.29 is 9.53 Å². The molecular weight excluding hydrogens is 278 g/mol. The van der Waals surface area contributed by atoms with Crippen LogP contribution in [0.3, 0.4) is 0 Å². The van der Waals surface area contributed by atoms with Crippen molar-refractivity contribution in [2.24, 2.45) is 0 Å². The third-order valence-electron chi connectivity index (χ3n) is 4.34. The average Bonchev–Trinajstić information content (AvgIpc) is 2.44. The highest BCUT2D eigenvalue weighted by atomic mass is 16.6. The lowest BCUT2D eigenvalue weighted by molar-refractivity contribution is 0.00194. The summed E-state index contributed by atoms with van der Waals surface area (Å²) in [6.45, 7) is 9.05. The summed E-state index contributed by atoms with van der Waals surface area (Å²) in [5, 5.41) is 0. The number of carbonyl (C=O) groups is 1. The molecule has 5 nitrogen and oxygen atoms in total. The van der Waals surface area contributed by atoms with Crippen molar-refractivity contribution in [3.63, 3.8) is 0 Å². The van der Waals surface area contributed by atoms with Crippen LogP contribution in [0.15, 0.2) is 18.2 Å². The molecule has 5 heteroatoms. The second-order valence-corrected chi connectivity index (χ2v) is 7.19. The molecule has 1 saturated heterocycles. The maximum atomic E-state index is 12.3. The van der Waals surface area contributed by atoms with Gasteiger partial charge in [0.25, 0.3) is 0 Å². The molecule has 3 rings (SSSR count). The van der Waals surface area contributed by atoms with E-state index in [2.05, 4.69) is 17.0 Å². The summed E-state index contributed by atoms with van der Waals surface area (Å²) in [5.41, 5.74) is 8.87. The molecular formula is C17H25N3O2. The molecule has 1 atom stereocenters. The SMILES string of the molecule is CC(C)(C)OC(=O)N1CCN2CCc3cc(N)ccc3[C@H]2C1. The lowest BCUT2D eigenvalue weighted by atomic mass is 9.90. The molecule has 1 fully saturated rings. The third kappa shape index (κ3) is 3.04. The van der Waals surface area contributed by atoms with Crippen LogP contribution in [0.2, 0.25) is 0 Å². The van der Waals surface area contributed by atoms with Crippen LogP contribution in [-0.2, 0) is 11.2 Å². The number of hydrogen-bond donors (Lipinski definition) is 1. The number of nitrogen functional groups attached to an aromatic ring is 1. The Bertz CT molecular complexity index is 580. The maximum absolute atomic E-state index is 12.3. The molecule has 1 aromatic rings. The fraction of sp³-hybridized carbons (Fsp3) is 0.588. The van der Waals surface area contributed by atoms with E-state index in [4.69, 9.17) is 10.5 Å². The number of carbonyl (C=O) groups excluding carboxylic acids is 1. The van der Waals surface area contributed by atoms with E-state index in [-0.39, 0.29) is 12.1 Å². The number of amides is 1. The zero-order chi connectivity index (χ0) is 15.9. The number of piperazine rings is 1. The van der Waals surface area contributed by atoms with Crippen molar-refractivity contribution in [3.05, 3.63) is 29.3 Å². The topological polar surface area (TPSA) is 58.8 Å². The molecule has 120 valence electrons. The van der Waals surface area contributed by atoms with Gasteiger partial charge in [-0.1, -0.05) is 6.07 Å². The quantitative estimate of drug-likeness (QED) is 0.748. The largest absolute Gasteiger partial charge is 0.444 e. The molecule has 0 radical (unpaired) electrons. The maximum Gasteiger partial charge on any atom is 0.410 e. The molecule has 1 amide bonds. The second kappa shape index (κ2) is 5.47. The molecule has 0 aromatic heterocycles. The Morgan fingerprint density at radius 1 is 1.27 bits per heavy atom. The molecule has 2 aliphatic rings. The van der Waals surface area contributed by atoms with Gasteiger partial charge in [-0.25, -0.2) is 4.79 Å². The van der Waals surface area contributed by atoms with Crippen molar-refractivity contribution in [2.75, 3.05) is 31.9 Å². The molecule has 2 aliphatic heterocycles. The van der Waals surface area contributed by atoms with Gasteiger partial charge >= 0.3 is 6.09 Å². The zero-order valence-corrected chi connectivity index (χ0v) is 13.6. The summed E-state index contributed by atoms with van der Waals surface area (Å²) in [6.07, 6.45) is 0.818. The predicted octanol–water partition coefficient (Wildman–Crippen LogP) is 2.42. The van der Waals surface area contributed by atoms with Crippen LogP contribution in [-0.4, -0.2) is 47.7 Å². The van der Waals surface area contributed by atoms with Crippen LogP contribution in [0.1, 0.15) is 37.9 Å². The van der Waals surface area contributed by atoms with Crippen molar-refractivity contribution in [1.82, 2.24) is 9.80 Å². The lowest BCUT2D eigenvalue weighted by Gasteiger charge is -2.44. The predicted molar refractivity (Wildman–Crippen MR) is 86.7 cm³/mol. The molecule has 2 N–H and O–H groups in total. The Balaban J connectivity index is 1.78. The third-order valence-corrected chi connectivity index (χ3v) is 4.34. The molecule has 2 heterocycles. The average molecular weight is 303 g/mol. The Labute approximate surface area is 132 Å². The summed E-state index contributed by atoms with van der Waals surface area (Å²) in [6, 6.07) is 6.39. The van der Waals surface area contributed by atoms with Gasteiger partial charge in [0.1, 0.15) is 5.60 Å². The molecule has 0 spiro atoms. The first-order chi connectivity index (χ1) is 10.3. The van der Waals surface area contributed by atoms with Gasteiger partial charge in [0, 0.05) is 31.9 Å². The fourth-order valence-corrected chi connectivity index (χ4v) is 3.31. The summed E-state index contributed by atoms with van der Waals surface area (Å²) in [7, 11) is 0. The number of anilines is 1. The minimum absolute atomic E-state index is 0.213. The number of ether oxygens (including phenoxy) is 1. The first-order valence-corrected chi connectivity index (χ1v) is 7.94. The van der Waals surface area contributed by atoms with Gasteiger partial charge in [0.15, 0.2) is 0 Å². The van der Waals surface area contributed by atoms with Gasteiger partial charge in [0.05, 0.1) is 6.04 Å². The first-order valence-electron chi connectivity index (χ1n) is 7.94. The standard InChI is InChI=1S/C17H25N3O2/c1-17(2,3)22-16(21)20-9-8-19-7-6-12-10-13(18)4-5-14(12)15(19)11-20/h4-5,10,15H,6-9,11,18H2,1-3H3/t15-/m1/s1. The number of benzene rings is 1. The Hall–Kier alpha value is -1.75. The van der Waals surface area contributed by atoms with Crippen LogP contribution in [0.4, 0.5) is 10.5 Å². The van der Waals surface area contributed by atoms with Crippen molar-refractivity contribution in [2.45, 2.75) is 38.8 Å². The van der Waals surface area contributed by atoms with E-state index in [1.165, 1.54) is 11.1 Å². The number of hydrogen-bond acceptors (Lipinski definition) is 4. The lowest BCUT2D eigenvalue weighted by Crippen LogP contribution is -2.53. The molecule has 0 unspecified atom stereocenters. The van der Waals surface area contributed by atoms with Gasteiger partial charge in [0.2, 0.25) is 0 Å². The van der Waals surface area contributed by atoms with E-state index in [0.717, 1.165) is 31.7 Å². The molecule has 1 aromatic carbocycles. The summed E-state index contributed by atoms with van der Waals surface area (Å²) >= 11 is 0. The minimum Gasteiger partial charge on any atom is -0.444 e. The van der Waals surface area contributed by atoms with Crippen LogP contribution in [0, 0.1) is 0 Å². The Morgan fingerprint density at radius 2 is 2.05 bits per heavy atom. The van der Waals surface area contributed by atoms with E-state index in [1.54, 1.807) is 0 Å². The summed E-state index contributed by atoms with van der Waals surface area (Å²) in [4.78, 5) is 16.6. The monoisotopic (exact) mass is 303 g/mol. The zero-order valence-electron chi connectivity index (χ0n) is 13.6. The van der Waals surface area contributed by atoms with E-state index in [0.29, 0.717) is 6.54 Å². The smallest absolute Gasteiger partial charge is 0.410 e. The highest BCUT2D eigenvalue weighted by Gasteiger charge is 2.35. The molecule has 22 heavy (non-hydrogen) atoms. The number of rotatable bonds is 0. The van der Waals surface area contributed by atoms with Crippen molar-refractivity contribution in [3.8, 4) is 0 Å². The highest BCUT2D eigenvalue weighted by molar-refractivity contribution is 5.68. The molecule has 0 saturated carbocycles. The summed E-state index contributed by atoms with van der Waals surface area (Å²) in [5.74, 6) is 0. The van der Waals surface area contributed by atoms with E-state index < -0.39 is 5.60 Å². The highest BCUT2D eigenvalue weighted by Crippen LogP contribution is 2.33. The number of nitrogens with zero attached hydrogens (tertiary/aromatic N) is 2. The van der Waals surface area contributed by atoms with Gasteiger partial charge in [-0.05, 0) is 50.5 Å². The normalized spacial score (nSPS) is 22.0. The van der Waals surface area contributed by atoms with Gasteiger partial charge in [-0.3, -0.25) is 4.90 Å². The Kier molecular flexibility index (Phi) is 3.77.